The first-order valence-corrected chi connectivity index (χ1v) is 3.91. The van der Waals surface area contributed by atoms with Gasteiger partial charge in [0.1, 0.15) is 0 Å². The van der Waals surface area contributed by atoms with E-state index in [0.717, 1.165) is 6.21 Å². The fourth-order valence-electron chi connectivity index (χ4n) is 0.950. The zero-order valence-electron chi connectivity index (χ0n) is 7.51. The molecule has 0 radical (unpaired) electrons. The summed E-state index contributed by atoms with van der Waals surface area (Å²) < 4.78 is 1.49. The fraction of sp³-hybridized carbons (Fsp3) is 0.375. The molecule has 0 aliphatic carbocycles. The molecule has 0 unspecified atom stereocenters. The van der Waals surface area contributed by atoms with Gasteiger partial charge < -0.3 is 5.21 Å². The van der Waals surface area contributed by atoms with Crippen LogP contribution in [0, 0.1) is 0 Å². The summed E-state index contributed by atoms with van der Waals surface area (Å²) in [6.45, 7) is 3.78. The SMILES string of the molecule is CC(C)n1ccc(/C=N/O)nc1=O. The molecule has 0 aliphatic heterocycles. The van der Waals surface area contributed by atoms with Crippen molar-refractivity contribution < 1.29 is 5.21 Å². The lowest BCUT2D eigenvalue weighted by Gasteiger charge is -2.07. The first-order chi connectivity index (χ1) is 6.15. The molecule has 1 heterocycles. The average Bonchev–Trinajstić information content (AvgIpc) is 2.04. The standard InChI is InChI=1S/C8H11N3O2/c1-6(2)11-4-3-7(5-9-13)10-8(11)12/h3-6,13H,1-2H3/b9-5+. The molecule has 0 saturated carbocycles. The van der Waals surface area contributed by atoms with Crippen molar-refractivity contribution in [1.29, 1.82) is 0 Å². The second-order valence-corrected chi connectivity index (χ2v) is 2.88. The Morgan fingerprint density at radius 2 is 2.38 bits per heavy atom. The molecule has 13 heavy (non-hydrogen) atoms. The van der Waals surface area contributed by atoms with Crippen LogP contribution < -0.4 is 5.69 Å². The number of nitrogens with zero attached hydrogens (tertiary/aromatic N) is 3. The van der Waals surface area contributed by atoms with Crippen molar-refractivity contribution in [2.24, 2.45) is 5.16 Å². The molecule has 0 spiro atoms. The van der Waals surface area contributed by atoms with E-state index in [9.17, 15) is 4.79 Å². The third-order valence-electron chi connectivity index (χ3n) is 1.60. The van der Waals surface area contributed by atoms with Crippen molar-refractivity contribution in [1.82, 2.24) is 9.55 Å². The van der Waals surface area contributed by atoms with E-state index >= 15 is 0 Å². The maximum absolute atomic E-state index is 11.3. The molecule has 0 aromatic carbocycles. The Kier molecular flexibility index (Phi) is 2.79. The normalized spacial score (nSPS) is 11.3. The summed E-state index contributed by atoms with van der Waals surface area (Å²) >= 11 is 0. The van der Waals surface area contributed by atoms with Crippen molar-refractivity contribution >= 4 is 6.21 Å². The molecule has 0 atom stereocenters. The molecule has 0 aliphatic rings. The molecule has 1 aromatic heterocycles. The molecular weight excluding hydrogens is 170 g/mol. The minimum Gasteiger partial charge on any atom is -0.411 e. The van der Waals surface area contributed by atoms with Crippen molar-refractivity contribution in [3.05, 3.63) is 28.4 Å². The summed E-state index contributed by atoms with van der Waals surface area (Å²) in [5.41, 5.74) is 0.0109. The van der Waals surface area contributed by atoms with Crippen molar-refractivity contribution in [3.8, 4) is 0 Å². The zero-order chi connectivity index (χ0) is 9.84. The minimum absolute atomic E-state index is 0.0834. The number of hydrogen-bond acceptors (Lipinski definition) is 4. The van der Waals surface area contributed by atoms with E-state index < -0.39 is 0 Å². The lowest BCUT2D eigenvalue weighted by atomic mass is 10.3. The summed E-state index contributed by atoms with van der Waals surface area (Å²) in [4.78, 5) is 14.9. The Labute approximate surface area is 75.3 Å². The number of rotatable bonds is 2. The van der Waals surface area contributed by atoms with Crippen LogP contribution in [0.3, 0.4) is 0 Å². The highest BCUT2D eigenvalue weighted by Crippen LogP contribution is 1.97. The highest BCUT2D eigenvalue weighted by Gasteiger charge is 2.01. The minimum atomic E-state index is -0.340. The van der Waals surface area contributed by atoms with Crippen LogP contribution in [0.25, 0.3) is 0 Å². The van der Waals surface area contributed by atoms with Crippen LogP contribution in [0.1, 0.15) is 25.6 Å². The first-order valence-electron chi connectivity index (χ1n) is 3.91. The maximum Gasteiger partial charge on any atom is 0.348 e. The Morgan fingerprint density at radius 3 is 2.85 bits per heavy atom. The van der Waals surface area contributed by atoms with Crippen molar-refractivity contribution in [2.75, 3.05) is 0 Å². The lowest BCUT2D eigenvalue weighted by Crippen LogP contribution is -2.24. The van der Waals surface area contributed by atoms with Gasteiger partial charge in [-0.05, 0) is 19.9 Å². The van der Waals surface area contributed by atoms with Crippen LogP contribution in [0.4, 0.5) is 0 Å². The molecule has 5 heteroatoms. The summed E-state index contributed by atoms with van der Waals surface area (Å²) in [6.07, 6.45) is 2.74. The molecule has 1 aromatic rings. The van der Waals surface area contributed by atoms with Gasteiger partial charge in [0, 0.05) is 12.2 Å². The predicted molar refractivity (Wildman–Crippen MR) is 48.3 cm³/mol. The molecular formula is C8H11N3O2. The molecule has 0 amide bonds. The van der Waals surface area contributed by atoms with Crippen LogP contribution >= 0.6 is 0 Å². The molecule has 1 N–H and O–H groups in total. The second kappa shape index (κ2) is 3.84. The first kappa shape index (κ1) is 9.44. The fourth-order valence-corrected chi connectivity index (χ4v) is 0.950. The van der Waals surface area contributed by atoms with Crippen LogP contribution in [0.5, 0.6) is 0 Å². The maximum atomic E-state index is 11.3. The van der Waals surface area contributed by atoms with Gasteiger partial charge in [-0.15, -0.1) is 0 Å². The number of aromatic nitrogens is 2. The van der Waals surface area contributed by atoms with Gasteiger partial charge >= 0.3 is 5.69 Å². The predicted octanol–water partition coefficient (Wildman–Crippen LogP) is 0.632. The molecule has 0 saturated heterocycles. The van der Waals surface area contributed by atoms with Gasteiger partial charge in [-0.3, -0.25) is 4.57 Å². The summed E-state index contributed by atoms with van der Waals surface area (Å²) in [5, 5.41) is 11.0. The van der Waals surface area contributed by atoms with Crippen LogP contribution in [0.15, 0.2) is 22.2 Å². The van der Waals surface area contributed by atoms with Crippen molar-refractivity contribution in [2.45, 2.75) is 19.9 Å². The van der Waals surface area contributed by atoms with E-state index in [1.54, 1.807) is 12.3 Å². The summed E-state index contributed by atoms with van der Waals surface area (Å²) in [6, 6.07) is 1.70. The van der Waals surface area contributed by atoms with E-state index in [4.69, 9.17) is 5.21 Å². The quantitative estimate of drug-likeness (QED) is 0.413. The Morgan fingerprint density at radius 1 is 1.69 bits per heavy atom. The third-order valence-corrected chi connectivity index (χ3v) is 1.60. The van der Waals surface area contributed by atoms with Crippen LogP contribution in [-0.2, 0) is 0 Å². The van der Waals surface area contributed by atoms with E-state index in [1.165, 1.54) is 4.57 Å². The highest BCUT2D eigenvalue weighted by molar-refractivity contribution is 5.75. The zero-order valence-corrected chi connectivity index (χ0v) is 7.51. The molecule has 5 nitrogen and oxygen atoms in total. The van der Waals surface area contributed by atoms with Gasteiger partial charge in [-0.2, -0.15) is 4.98 Å². The summed E-state index contributed by atoms with van der Waals surface area (Å²) in [5.74, 6) is 0. The lowest BCUT2D eigenvalue weighted by molar-refractivity contribution is 0.321. The smallest absolute Gasteiger partial charge is 0.348 e. The second-order valence-electron chi connectivity index (χ2n) is 2.88. The van der Waals surface area contributed by atoms with E-state index in [2.05, 4.69) is 10.1 Å². The third kappa shape index (κ3) is 2.14. The van der Waals surface area contributed by atoms with Crippen LogP contribution in [-0.4, -0.2) is 21.0 Å². The van der Waals surface area contributed by atoms with Gasteiger partial charge in [0.25, 0.3) is 0 Å². The van der Waals surface area contributed by atoms with E-state index in [-0.39, 0.29) is 11.7 Å². The van der Waals surface area contributed by atoms with E-state index in [1.807, 2.05) is 13.8 Å². The number of oxime groups is 1. The van der Waals surface area contributed by atoms with Gasteiger partial charge in [0.15, 0.2) is 0 Å². The largest absolute Gasteiger partial charge is 0.411 e. The van der Waals surface area contributed by atoms with Crippen LogP contribution in [0.2, 0.25) is 0 Å². The monoisotopic (exact) mass is 181 g/mol. The van der Waals surface area contributed by atoms with Gasteiger partial charge in [-0.1, -0.05) is 5.16 Å². The van der Waals surface area contributed by atoms with Gasteiger partial charge in [0.2, 0.25) is 0 Å². The summed E-state index contributed by atoms with van der Waals surface area (Å²) in [7, 11) is 0. The van der Waals surface area contributed by atoms with Crippen molar-refractivity contribution in [3.63, 3.8) is 0 Å². The molecule has 70 valence electrons. The molecule has 0 fully saturated rings. The Hall–Kier alpha value is -1.65. The number of hydrogen-bond donors (Lipinski definition) is 1. The molecule has 0 bridgehead atoms. The Balaban J connectivity index is 3.13. The Bertz CT molecular complexity index is 368. The topological polar surface area (TPSA) is 67.5 Å². The highest BCUT2D eigenvalue weighted by atomic mass is 16.4. The van der Waals surface area contributed by atoms with E-state index in [0.29, 0.717) is 5.69 Å². The average molecular weight is 181 g/mol. The van der Waals surface area contributed by atoms with Gasteiger partial charge in [0.05, 0.1) is 11.9 Å². The van der Waals surface area contributed by atoms with Gasteiger partial charge in [-0.25, -0.2) is 4.79 Å². The molecule has 1 rings (SSSR count).